The monoisotopic (exact) mass is 259 g/mol. The highest BCUT2D eigenvalue weighted by Crippen LogP contribution is 2.47. The molecule has 3 N–H and O–H groups in total. The molecule has 0 aliphatic carbocycles. The number of unbranched alkanes of at least 4 members (excludes halogenated alkanes) is 2. The van der Waals surface area contributed by atoms with Crippen LogP contribution in [-0.4, -0.2) is 17.2 Å². The summed E-state index contributed by atoms with van der Waals surface area (Å²) in [5.41, 5.74) is -1.01. The fourth-order valence-electron chi connectivity index (χ4n) is 2.48. The predicted octanol–water partition coefficient (Wildman–Crippen LogP) is 2.79. The first-order valence-electron chi connectivity index (χ1n) is 6.80. The first kappa shape index (κ1) is 17.4. The van der Waals surface area contributed by atoms with Crippen LogP contribution in [0.2, 0.25) is 0 Å². The molecule has 0 fully saturated rings. The lowest BCUT2D eigenvalue weighted by Gasteiger charge is -2.43. The molecule has 0 amide bonds. The van der Waals surface area contributed by atoms with Crippen LogP contribution in [0.4, 0.5) is 0 Å². The SMILES string of the molecule is CCCCCC(C)(CC(C)O)C(C)(C)C(=O)ON. The molecule has 0 rings (SSSR count). The van der Waals surface area contributed by atoms with Crippen LogP contribution in [0.3, 0.4) is 0 Å². The molecule has 108 valence electrons. The molecular formula is C14H29NO3. The van der Waals surface area contributed by atoms with Gasteiger partial charge in [-0.05, 0) is 39.0 Å². The lowest BCUT2D eigenvalue weighted by molar-refractivity contribution is -0.164. The summed E-state index contributed by atoms with van der Waals surface area (Å²) in [5, 5.41) is 9.68. The summed E-state index contributed by atoms with van der Waals surface area (Å²) in [7, 11) is 0. The highest BCUT2D eigenvalue weighted by atomic mass is 16.7. The molecule has 2 unspecified atom stereocenters. The maximum Gasteiger partial charge on any atom is 0.330 e. The summed E-state index contributed by atoms with van der Waals surface area (Å²) in [6.45, 7) is 9.62. The number of carbonyl (C=O) groups excluding carboxylic acids is 1. The van der Waals surface area contributed by atoms with Gasteiger partial charge in [-0.2, -0.15) is 5.90 Å². The number of aliphatic hydroxyl groups excluding tert-OH is 1. The Balaban J connectivity index is 4.99. The van der Waals surface area contributed by atoms with E-state index in [-0.39, 0.29) is 5.41 Å². The molecule has 2 atom stereocenters. The quantitative estimate of drug-likeness (QED) is 0.519. The van der Waals surface area contributed by atoms with Crippen molar-refractivity contribution in [2.45, 2.75) is 72.8 Å². The Hall–Kier alpha value is -0.610. The second-order valence-electron chi connectivity index (χ2n) is 6.10. The van der Waals surface area contributed by atoms with Crippen molar-refractivity contribution in [1.82, 2.24) is 0 Å². The van der Waals surface area contributed by atoms with Crippen LogP contribution in [0.5, 0.6) is 0 Å². The minimum absolute atomic E-state index is 0.313. The number of carbonyl (C=O) groups is 1. The van der Waals surface area contributed by atoms with Crippen LogP contribution in [0.1, 0.15) is 66.7 Å². The van der Waals surface area contributed by atoms with E-state index in [1.807, 2.05) is 20.8 Å². The van der Waals surface area contributed by atoms with E-state index in [4.69, 9.17) is 5.90 Å². The summed E-state index contributed by atoms with van der Waals surface area (Å²) in [4.78, 5) is 16.3. The van der Waals surface area contributed by atoms with Gasteiger partial charge in [0, 0.05) is 0 Å². The summed E-state index contributed by atoms with van der Waals surface area (Å²) >= 11 is 0. The van der Waals surface area contributed by atoms with Crippen molar-refractivity contribution >= 4 is 5.97 Å². The van der Waals surface area contributed by atoms with Gasteiger partial charge >= 0.3 is 5.97 Å². The first-order chi connectivity index (χ1) is 8.21. The number of rotatable bonds is 8. The third-order valence-electron chi connectivity index (χ3n) is 4.20. The number of aliphatic hydroxyl groups is 1. The molecule has 0 bridgehead atoms. The van der Waals surface area contributed by atoms with Crippen LogP contribution < -0.4 is 5.90 Å². The summed E-state index contributed by atoms with van der Waals surface area (Å²) < 4.78 is 0. The first-order valence-corrected chi connectivity index (χ1v) is 6.80. The zero-order valence-corrected chi connectivity index (χ0v) is 12.5. The molecule has 0 aliphatic heterocycles. The van der Waals surface area contributed by atoms with E-state index in [0.29, 0.717) is 6.42 Å². The average molecular weight is 259 g/mol. The Bertz CT molecular complexity index is 264. The van der Waals surface area contributed by atoms with Crippen LogP contribution in [-0.2, 0) is 9.63 Å². The molecule has 0 radical (unpaired) electrons. The highest BCUT2D eigenvalue weighted by Gasteiger charge is 2.47. The molecule has 0 saturated heterocycles. The van der Waals surface area contributed by atoms with Crippen molar-refractivity contribution in [3.63, 3.8) is 0 Å². The standard InChI is InChI=1S/C14H29NO3/c1-6-7-8-9-14(5,10-11(2)16)13(3,4)12(17)18-15/h11,16H,6-10,15H2,1-5H3. The van der Waals surface area contributed by atoms with E-state index in [1.54, 1.807) is 6.92 Å². The number of nitrogens with two attached hydrogens (primary N) is 1. The summed E-state index contributed by atoms with van der Waals surface area (Å²) in [5.74, 6) is 4.61. The van der Waals surface area contributed by atoms with Crippen molar-refractivity contribution in [2.75, 3.05) is 0 Å². The lowest BCUT2D eigenvalue weighted by Crippen LogP contribution is -2.45. The van der Waals surface area contributed by atoms with Gasteiger partial charge in [0.25, 0.3) is 0 Å². The van der Waals surface area contributed by atoms with Crippen LogP contribution in [0.25, 0.3) is 0 Å². The van der Waals surface area contributed by atoms with Gasteiger partial charge in [0.05, 0.1) is 11.5 Å². The van der Waals surface area contributed by atoms with Crippen LogP contribution in [0.15, 0.2) is 0 Å². The van der Waals surface area contributed by atoms with Crippen molar-refractivity contribution < 1.29 is 14.7 Å². The number of hydrogen-bond acceptors (Lipinski definition) is 4. The predicted molar refractivity (Wildman–Crippen MR) is 72.6 cm³/mol. The largest absolute Gasteiger partial charge is 0.393 e. The topological polar surface area (TPSA) is 72.5 Å². The second kappa shape index (κ2) is 7.10. The Morgan fingerprint density at radius 2 is 1.89 bits per heavy atom. The van der Waals surface area contributed by atoms with Gasteiger partial charge < -0.3 is 9.94 Å². The van der Waals surface area contributed by atoms with Gasteiger partial charge in [-0.25, -0.2) is 4.79 Å². The molecule has 0 heterocycles. The van der Waals surface area contributed by atoms with Crippen molar-refractivity contribution in [2.24, 2.45) is 16.7 Å². The molecule has 18 heavy (non-hydrogen) atoms. The molecule has 0 aromatic heterocycles. The molecule has 0 aliphatic rings. The molecule has 0 saturated carbocycles. The lowest BCUT2D eigenvalue weighted by atomic mass is 9.61. The van der Waals surface area contributed by atoms with E-state index in [1.165, 1.54) is 0 Å². The molecule has 0 spiro atoms. The van der Waals surface area contributed by atoms with E-state index in [9.17, 15) is 9.90 Å². The Morgan fingerprint density at radius 1 is 1.33 bits per heavy atom. The number of hydrogen-bond donors (Lipinski definition) is 2. The van der Waals surface area contributed by atoms with Crippen molar-refractivity contribution in [3.05, 3.63) is 0 Å². The smallest absolute Gasteiger partial charge is 0.330 e. The Labute approximate surface area is 111 Å². The zero-order chi connectivity index (χ0) is 14.4. The van der Waals surface area contributed by atoms with E-state index in [0.717, 1.165) is 25.7 Å². The van der Waals surface area contributed by atoms with Gasteiger partial charge in [0.1, 0.15) is 0 Å². The molecule has 4 heteroatoms. The van der Waals surface area contributed by atoms with Gasteiger partial charge in [-0.3, -0.25) is 0 Å². The minimum atomic E-state index is -0.702. The Kier molecular flexibility index (Phi) is 6.86. The van der Waals surface area contributed by atoms with Gasteiger partial charge in [0.15, 0.2) is 0 Å². The maximum absolute atomic E-state index is 11.9. The Morgan fingerprint density at radius 3 is 2.28 bits per heavy atom. The molecule has 0 aromatic rings. The van der Waals surface area contributed by atoms with E-state index < -0.39 is 17.5 Å². The van der Waals surface area contributed by atoms with Crippen molar-refractivity contribution in [3.8, 4) is 0 Å². The van der Waals surface area contributed by atoms with Gasteiger partial charge in [-0.1, -0.05) is 33.1 Å². The van der Waals surface area contributed by atoms with Crippen LogP contribution >= 0.6 is 0 Å². The average Bonchev–Trinajstić information content (AvgIpc) is 2.27. The van der Waals surface area contributed by atoms with Crippen LogP contribution in [0, 0.1) is 10.8 Å². The highest BCUT2D eigenvalue weighted by molar-refractivity contribution is 5.76. The molecule has 4 nitrogen and oxygen atoms in total. The fraction of sp³-hybridized carbons (Fsp3) is 0.929. The third-order valence-corrected chi connectivity index (χ3v) is 4.20. The van der Waals surface area contributed by atoms with E-state index in [2.05, 4.69) is 11.8 Å². The minimum Gasteiger partial charge on any atom is -0.393 e. The molecule has 0 aromatic carbocycles. The van der Waals surface area contributed by atoms with Gasteiger partial charge in [-0.15, -0.1) is 0 Å². The normalized spacial score (nSPS) is 17.1. The summed E-state index contributed by atoms with van der Waals surface area (Å²) in [6.07, 6.45) is 4.31. The third kappa shape index (κ3) is 4.25. The maximum atomic E-state index is 11.9. The summed E-state index contributed by atoms with van der Waals surface area (Å²) in [6, 6.07) is 0. The van der Waals surface area contributed by atoms with Gasteiger partial charge in [0.2, 0.25) is 0 Å². The fourth-order valence-corrected chi connectivity index (χ4v) is 2.48. The second-order valence-corrected chi connectivity index (χ2v) is 6.10. The zero-order valence-electron chi connectivity index (χ0n) is 12.5. The van der Waals surface area contributed by atoms with E-state index >= 15 is 0 Å². The van der Waals surface area contributed by atoms with Crippen molar-refractivity contribution in [1.29, 1.82) is 0 Å². The molecular weight excluding hydrogens is 230 g/mol.